The van der Waals surface area contributed by atoms with Crippen molar-refractivity contribution in [2.75, 3.05) is 11.9 Å². The normalized spacial score (nSPS) is 10.2. The van der Waals surface area contributed by atoms with E-state index in [1.54, 1.807) is 12.1 Å². The fourth-order valence-corrected chi connectivity index (χ4v) is 2.31. The number of hydrogen-bond acceptors (Lipinski definition) is 5. The molecule has 0 aliphatic heterocycles. The molecule has 0 unspecified atom stereocenters. The van der Waals surface area contributed by atoms with Crippen molar-refractivity contribution >= 4 is 23.5 Å². The van der Waals surface area contributed by atoms with Crippen LogP contribution in [0.15, 0.2) is 41.0 Å². The van der Waals surface area contributed by atoms with Crippen LogP contribution in [-0.2, 0) is 25.7 Å². The molecule has 0 saturated carbocycles. The lowest BCUT2D eigenvalue weighted by atomic mass is 10.1. The second-order valence-electron chi connectivity index (χ2n) is 5.83. The highest BCUT2D eigenvalue weighted by atomic mass is 16.5. The summed E-state index contributed by atoms with van der Waals surface area (Å²) in [5.41, 5.74) is 2.57. The fraction of sp³-hybridized carbons (Fsp3) is 0.316. The average molecular weight is 358 g/mol. The number of nitrogens with one attached hydrogen (secondary N) is 2. The van der Waals surface area contributed by atoms with Crippen LogP contribution < -0.4 is 10.6 Å². The Hall–Kier alpha value is -3.09. The molecule has 7 nitrogen and oxygen atoms in total. The van der Waals surface area contributed by atoms with Crippen LogP contribution in [0.3, 0.4) is 0 Å². The first-order valence-electron chi connectivity index (χ1n) is 8.26. The summed E-state index contributed by atoms with van der Waals surface area (Å²) in [5.74, 6) is -0.685. The average Bonchev–Trinajstić information content (AvgIpc) is 3.13. The second-order valence-corrected chi connectivity index (χ2v) is 5.83. The molecule has 1 aromatic heterocycles. The highest BCUT2D eigenvalue weighted by molar-refractivity contribution is 5.94. The maximum Gasteiger partial charge on any atom is 0.306 e. The van der Waals surface area contributed by atoms with Gasteiger partial charge in [0, 0.05) is 12.1 Å². The Labute approximate surface area is 151 Å². The predicted octanol–water partition coefficient (Wildman–Crippen LogP) is 2.47. The smallest absolute Gasteiger partial charge is 0.306 e. The van der Waals surface area contributed by atoms with Gasteiger partial charge in [0.25, 0.3) is 5.91 Å². The molecule has 0 bridgehead atoms. The molecule has 26 heavy (non-hydrogen) atoms. The summed E-state index contributed by atoms with van der Waals surface area (Å²) < 4.78 is 10.00. The number of para-hydroxylation sites is 1. The first-order chi connectivity index (χ1) is 12.5. The molecule has 0 fully saturated rings. The molecule has 1 heterocycles. The Balaban J connectivity index is 1.66. The lowest BCUT2D eigenvalue weighted by Crippen LogP contribution is -2.25. The van der Waals surface area contributed by atoms with E-state index in [2.05, 4.69) is 10.6 Å². The maximum absolute atomic E-state index is 11.9. The first kappa shape index (κ1) is 19.2. The molecule has 0 radical (unpaired) electrons. The number of carbonyl (C=O) groups is 3. The van der Waals surface area contributed by atoms with Crippen LogP contribution in [0.1, 0.15) is 29.7 Å². The molecule has 2 amide bonds. The monoisotopic (exact) mass is 358 g/mol. The zero-order valence-electron chi connectivity index (χ0n) is 14.8. The fourth-order valence-electron chi connectivity index (χ4n) is 2.31. The Kier molecular flexibility index (Phi) is 6.96. The van der Waals surface area contributed by atoms with Crippen LogP contribution >= 0.6 is 0 Å². The molecular weight excluding hydrogens is 336 g/mol. The summed E-state index contributed by atoms with van der Waals surface area (Å²) in [6, 6.07) is 9.13. The van der Waals surface area contributed by atoms with E-state index in [4.69, 9.17) is 9.15 Å². The standard InChI is InChI=1S/C19H22N2O5/c1-13-5-3-6-14(2)19(13)21-17(23)12-26-18(24)9-8-16(22)20-11-15-7-4-10-25-15/h3-7,10H,8-9,11-12H2,1-2H3,(H,20,22)(H,21,23). The van der Waals surface area contributed by atoms with Crippen molar-refractivity contribution in [3.63, 3.8) is 0 Å². The predicted molar refractivity (Wildman–Crippen MR) is 95.3 cm³/mol. The molecule has 1 aromatic carbocycles. The summed E-state index contributed by atoms with van der Waals surface area (Å²) in [5, 5.41) is 5.36. The van der Waals surface area contributed by atoms with E-state index < -0.39 is 11.9 Å². The van der Waals surface area contributed by atoms with Crippen molar-refractivity contribution in [1.29, 1.82) is 0 Å². The molecule has 138 valence electrons. The van der Waals surface area contributed by atoms with Crippen LogP contribution in [-0.4, -0.2) is 24.4 Å². The van der Waals surface area contributed by atoms with Crippen molar-refractivity contribution in [3.05, 3.63) is 53.5 Å². The second kappa shape index (κ2) is 9.41. The summed E-state index contributed by atoms with van der Waals surface area (Å²) >= 11 is 0. The third kappa shape index (κ3) is 6.08. The van der Waals surface area contributed by atoms with Gasteiger partial charge in [0.2, 0.25) is 5.91 Å². The number of aryl methyl sites for hydroxylation is 2. The van der Waals surface area contributed by atoms with E-state index >= 15 is 0 Å². The summed E-state index contributed by atoms with van der Waals surface area (Å²) in [6.07, 6.45) is 1.40. The van der Waals surface area contributed by atoms with Gasteiger partial charge >= 0.3 is 5.97 Å². The van der Waals surface area contributed by atoms with Crippen molar-refractivity contribution in [3.8, 4) is 0 Å². The van der Waals surface area contributed by atoms with Gasteiger partial charge in [0.1, 0.15) is 5.76 Å². The Morgan fingerprint density at radius 2 is 1.73 bits per heavy atom. The molecule has 2 N–H and O–H groups in total. The number of rotatable bonds is 8. The number of furan rings is 1. The van der Waals surface area contributed by atoms with Crippen LogP contribution in [0.25, 0.3) is 0 Å². The summed E-state index contributed by atoms with van der Waals surface area (Å²) in [4.78, 5) is 35.2. The van der Waals surface area contributed by atoms with Crippen LogP contribution in [0.5, 0.6) is 0 Å². The molecule has 0 spiro atoms. The zero-order valence-corrected chi connectivity index (χ0v) is 14.8. The summed E-state index contributed by atoms with van der Waals surface area (Å²) in [6.45, 7) is 3.64. The van der Waals surface area contributed by atoms with Gasteiger partial charge in [-0.15, -0.1) is 0 Å². The van der Waals surface area contributed by atoms with E-state index in [-0.39, 0.29) is 31.9 Å². The molecule has 2 aromatic rings. The van der Waals surface area contributed by atoms with Gasteiger partial charge in [-0.25, -0.2) is 0 Å². The van der Waals surface area contributed by atoms with Crippen molar-refractivity contribution in [2.24, 2.45) is 0 Å². The van der Waals surface area contributed by atoms with Gasteiger partial charge in [-0.1, -0.05) is 18.2 Å². The first-order valence-corrected chi connectivity index (χ1v) is 8.26. The van der Waals surface area contributed by atoms with Gasteiger partial charge in [0.15, 0.2) is 6.61 Å². The Bertz CT molecular complexity index is 748. The van der Waals surface area contributed by atoms with E-state index in [1.807, 2.05) is 32.0 Å². The molecular formula is C19H22N2O5. The number of esters is 1. The van der Waals surface area contributed by atoms with Gasteiger partial charge < -0.3 is 19.8 Å². The third-order valence-electron chi connectivity index (χ3n) is 3.71. The van der Waals surface area contributed by atoms with Gasteiger partial charge in [-0.2, -0.15) is 0 Å². The Morgan fingerprint density at radius 3 is 2.38 bits per heavy atom. The van der Waals surface area contributed by atoms with Crippen molar-refractivity contribution < 1.29 is 23.5 Å². The van der Waals surface area contributed by atoms with E-state index in [1.165, 1.54) is 6.26 Å². The number of ether oxygens (including phenoxy) is 1. The number of hydrogen-bond donors (Lipinski definition) is 2. The van der Waals surface area contributed by atoms with Crippen LogP contribution in [0, 0.1) is 13.8 Å². The maximum atomic E-state index is 11.9. The molecule has 7 heteroatoms. The van der Waals surface area contributed by atoms with E-state index in [9.17, 15) is 14.4 Å². The van der Waals surface area contributed by atoms with Crippen molar-refractivity contribution in [2.45, 2.75) is 33.2 Å². The third-order valence-corrected chi connectivity index (χ3v) is 3.71. The molecule has 0 saturated heterocycles. The highest BCUT2D eigenvalue weighted by Gasteiger charge is 2.12. The molecule has 0 atom stereocenters. The molecule has 0 aliphatic rings. The molecule has 2 rings (SSSR count). The quantitative estimate of drug-likeness (QED) is 0.707. The lowest BCUT2D eigenvalue weighted by molar-refractivity contribution is -0.148. The van der Waals surface area contributed by atoms with E-state index in [0.717, 1.165) is 11.1 Å². The zero-order chi connectivity index (χ0) is 18.9. The van der Waals surface area contributed by atoms with Gasteiger partial charge in [0.05, 0.1) is 19.2 Å². The van der Waals surface area contributed by atoms with E-state index in [0.29, 0.717) is 11.4 Å². The van der Waals surface area contributed by atoms with Crippen molar-refractivity contribution in [1.82, 2.24) is 5.32 Å². The van der Waals surface area contributed by atoms with Crippen LogP contribution in [0.2, 0.25) is 0 Å². The SMILES string of the molecule is Cc1cccc(C)c1NC(=O)COC(=O)CCC(=O)NCc1ccco1. The number of anilines is 1. The number of benzene rings is 1. The largest absolute Gasteiger partial charge is 0.467 e. The van der Waals surface area contributed by atoms with Gasteiger partial charge in [-0.3, -0.25) is 14.4 Å². The number of carbonyl (C=O) groups excluding carboxylic acids is 3. The van der Waals surface area contributed by atoms with Crippen LogP contribution in [0.4, 0.5) is 5.69 Å². The highest BCUT2D eigenvalue weighted by Crippen LogP contribution is 2.19. The van der Waals surface area contributed by atoms with Gasteiger partial charge in [-0.05, 0) is 37.1 Å². The minimum Gasteiger partial charge on any atom is -0.467 e. The topological polar surface area (TPSA) is 97.6 Å². The summed E-state index contributed by atoms with van der Waals surface area (Å²) in [7, 11) is 0. The minimum atomic E-state index is -0.602. The molecule has 0 aliphatic carbocycles. The Morgan fingerprint density at radius 1 is 1.00 bits per heavy atom. The minimum absolute atomic E-state index is 0.0158. The lowest BCUT2D eigenvalue weighted by Gasteiger charge is -2.11. The number of amides is 2.